The molecule has 8 nitrogen and oxygen atoms in total. The molecule has 8 heteroatoms. The predicted molar refractivity (Wildman–Crippen MR) is 143 cm³/mol. The fraction of sp³-hybridized carbons (Fsp3) is 0.464. The van der Waals surface area contributed by atoms with Crippen LogP contribution >= 0.6 is 0 Å². The van der Waals surface area contributed by atoms with Crippen molar-refractivity contribution < 1.29 is 4.79 Å². The highest BCUT2D eigenvalue weighted by Crippen LogP contribution is 2.22. The molecule has 190 valence electrons. The van der Waals surface area contributed by atoms with Gasteiger partial charge in [-0.3, -0.25) is 19.1 Å². The van der Waals surface area contributed by atoms with Crippen molar-refractivity contribution in [3.63, 3.8) is 0 Å². The fourth-order valence-electron chi connectivity index (χ4n) is 5.24. The van der Waals surface area contributed by atoms with Gasteiger partial charge < -0.3 is 15.1 Å². The first-order valence-electron chi connectivity index (χ1n) is 13.1. The zero-order valence-electron chi connectivity index (χ0n) is 21.1. The van der Waals surface area contributed by atoms with Gasteiger partial charge in [0.1, 0.15) is 0 Å². The number of amides is 1. The number of rotatable bonds is 7. The number of piperidine rings is 1. The van der Waals surface area contributed by atoms with Gasteiger partial charge in [-0.25, -0.2) is 4.98 Å². The van der Waals surface area contributed by atoms with Gasteiger partial charge in [-0.2, -0.15) is 0 Å². The standard InChI is InChI=1S/C28H36N6O2/c1-31-16-18-32(19-17-31)15-13-29-27(35)23-10-7-14-33(21-23)26-28(36)34(20-22-8-3-2-4-9-22)25-12-6-5-11-24(25)30-26/h2-6,8-9,11-12,23H,7,10,13-21H2,1H3,(H,29,35)/t23-/m0/s1. The van der Waals surface area contributed by atoms with Crippen molar-refractivity contribution in [2.24, 2.45) is 5.92 Å². The number of para-hydroxylation sites is 2. The van der Waals surface area contributed by atoms with Crippen molar-refractivity contribution >= 4 is 22.8 Å². The molecule has 1 N–H and O–H groups in total. The zero-order chi connectivity index (χ0) is 24.9. The van der Waals surface area contributed by atoms with Crippen LogP contribution in [-0.4, -0.2) is 84.7 Å². The van der Waals surface area contributed by atoms with Crippen LogP contribution in [0, 0.1) is 5.92 Å². The Kier molecular flexibility index (Phi) is 7.63. The molecule has 0 aliphatic carbocycles. The highest BCUT2D eigenvalue weighted by Gasteiger charge is 2.28. The number of nitrogens with zero attached hydrogens (tertiary/aromatic N) is 5. The number of aromatic nitrogens is 2. The van der Waals surface area contributed by atoms with Crippen LogP contribution in [-0.2, 0) is 11.3 Å². The van der Waals surface area contributed by atoms with E-state index in [0.717, 1.165) is 68.7 Å². The van der Waals surface area contributed by atoms with E-state index in [2.05, 4.69) is 22.2 Å². The molecule has 2 fully saturated rings. The number of carbonyl (C=O) groups is 1. The van der Waals surface area contributed by atoms with E-state index in [1.807, 2.05) is 64.1 Å². The Morgan fingerprint density at radius 2 is 1.75 bits per heavy atom. The Labute approximate surface area is 212 Å². The maximum atomic E-state index is 13.7. The second-order valence-electron chi connectivity index (χ2n) is 10.0. The number of anilines is 1. The minimum absolute atomic E-state index is 0.0826. The van der Waals surface area contributed by atoms with Gasteiger partial charge in [0.15, 0.2) is 5.82 Å². The second kappa shape index (κ2) is 11.2. The van der Waals surface area contributed by atoms with Crippen LogP contribution in [0.15, 0.2) is 59.4 Å². The summed E-state index contributed by atoms with van der Waals surface area (Å²) in [5, 5.41) is 3.15. The first kappa shape index (κ1) is 24.5. The van der Waals surface area contributed by atoms with E-state index in [4.69, 9.17) is 4.98 Å². The van der Waals surface area contributed by atoms with Crippen molar-refractivity contribution in [1.29, 1.82) is 0 Å². The van der Waals surface area contributed by atoms with E-state index in [1.54, 1.807) is 0 Å². The number of nitrogens with one attached hydrogen (secondary N) is 1. The Bertz CT molecular complexity index is 1240. The average Bonchev–Trinajstić information content (AvgIpc) is 2.92. The van der Waals surface area contributed by atoms with Crippen LogP contribution in [0.1, 0.15) is 18.4 Å². The van der Waals surface area contributed by atoms with E-state index >= 15 is 0 Å². The molecule has 2 aliphatic heterocycles. The predicted octanol–water partition coefficient (Wildman–Crippen LogP) is 2.02. The molecule has 0 bridgehead atoms. The summed E-state index contributed by atoms with van der Waals surface area (Å²) >= 11 is 0. The average molecular weight is 489 g/mol. The van der Waals surface area contributed by atoms with Crippen LogP contribution in [0.5, 0.6) is 0 Å². The lowest BCUT2D eigenvalue weighted by Gasteiger charge is -2.34. The van der Waals surface area contributed by atoms with Crippen molar-refractivity contribution in [2.45, 2.75) is 19.4 Å². The Hall–Kier alpha value is -3.23. The first-order chi connectivity index (χ1) is 17.6. The van der Waals surface area contributed by atoms with Crippen molar-refractivity contribution in [3.8, 4) is 0 Å². The number of hydrogen-bond acceptors (Lipinski definition) is 6. The van der Waals surface area contributed by atoms with Gasteiger partial charge in [0.05, 0.1) is 23.5 Å². The summed E-state index contributed by atoms with van der Waals surface area (Å²) in [6.07, 6.45) is 1.70. The number of likely N-dealkylation sites (N-methyl/N-ethyl adjacent to an activating group) is 1. The van der Waals surface area contributed by atoms with Crippen LogP contribution in [0.4, 0.5) is 5.82 Å². The van der Waals surface area contributed by atoms with Crippen LogP contribution in [0.25, 0.3) is 11.0 Å². The summed E-state index contributed by atoms with van der Waals surface area (Å²) in [5.74, 6) is 0.389. The summed E-state index contributed by atoms with van der Waals surface area (Å²) in [7, 11) is 2.15. The van der Waals surface area contributed by atoms with Crippen molar-refractivity contribution in [3.05, 3.63) is 70.5 Å². The van der Waals surface area contributed by atoms with E-state index in [1.165, 1.54) is 0 Å². The number of hydrogen-bond donors (Lipinski definition) is 1. The topological polar surface area (TPSA) is 73.7 Å². The second-order valence-corrected chi connectivity index (χ2v) is 10.0. The molecular weight excluding hydrogens is 452 g/mol. The van der Waals surface area contributed by atoms with Crippen LogP contribution in [0.3, 0.4) is 0 Å². The van der Waals surface area contributed by atoms with Gasteiger partial charge in [0, 0.05) is 52.4 Å². The minimum atomic E-state index is -0.138. The lowest BCUT2D eigenvalue weighted by atomic mass is 9.97. The number of carbonyl (C=O) groups excluding carboxylic acids is 1. The molecule has 2 saturated heterocycles. The lowest BCUT2D eigenvalue weighted by Crippen LogP contribution is -2.49. The normalized spacial score (nSPS) is 19.5. The summed E-state index contributed by atoms with van der Waals surface area (Å²) in [6, 6.07) is 17.8. The molecular formula is C28H36N6O2. The smallest absolute Gasteiger partial charge is 0.294 e. The van der Waals surface area contributed by atoms with Gasteiger partial charge in [-0.05, 0) is 37.6 Å². The minimum Gasteiger partial charge on any atom is -0.355 e. The van der Waals surface area contributed by atoms with Crippen molar-refractivity contribution in [2.75, 3.05) is 64.3 Å². The quantitative estimate of drug-likeness (QED) is 0.549. The molecule has 1 atom stereocenters. The van der Waals surface area contributed by atoms with E-state index in [0.29, 0.717) is 25.5 Å². The third-order valence-electron chi connectivity index (χ3n) is 7.43. The first-order valence-corrected chi connectivity index (χ1v) is 13.1. The molecule has 0 spiro atoms. The molecule has 2 aliphatic rings. The molecule has 3 heterocycles. The molecule has 3 aromatic rings. The van der Waals surface area contributed by atoms with E-state index in [-0.39, 0.29) is 17.4 Å². The molecule has 5 rings (SSSR count). The van der Waals surface area contributed by atoms with Crippen LogP contribution < -0.4 is 15.8 Å². The highest BCUT2D eigenvalue weighted by molar-refractivity contribution is 5.80. The number of piperazine rings is 1. The third kappa shape index (κ3) is 5.60. The summed E-state index contributed by atoms with van der Waals surface area (Å²) in [4.78, 5) is 38.2. The summed E-state index contributed by atoms with van der Waals surface area (Å²) < 4.78 is 1.81. The fourth-order valence-corrected chi connectivity index (χ4v) is 5.24. The van der Waals surface area contributed by atoms with Gasteiger partial charge in [0.25, 0.3) is 5.56 Å². The molecule has 0 radical (unpaired) electrons. The van der Waals surface area contributed by atoms with Gasteiger partial charge in [-0.15, -0.1) is 0 Å². The zero-order valence-corrected chi connectivity index (χ0v) is 21.1. The number of benzene rings is 2. The Morgan fingerprint density at radius 1 is 1.00 bits per heavy atom. The summed E-state index contributed by atoms with van der Waals surface area (Å²) in [5.41, 5.74) is 2.58. The molecule has 0 saturated carbocycles. The maximum absolute atomic E-state index is 13.7. The van der Waals surface area contributed by atoms with Crippen LogP contribution in [0.2, 0.25) is 0 Å². The van der Waals surface area contributed by atoms with Gasteiger partial charge in [-0.1, -0.05) is 42.5 Å². The molecule has 36 heavy (non-hydrogen) atoms. The van der Waals surface area contributed by atoms with Gasteiger partial charge >= 0.3 is 0 Å². The molecule has 2 aromatic carbocycles. The summed E-state index contributed by atoms with van der Waals surface area (Å²) in [6.45, 7) is 7.53. The molecule has 1 amide bonds. The number of fused-ring (bicyclic) bond motifs is 1. The largest absolute Gasteiger partial charge is 0.355 e. The SMILES string of the molecule is CN1CCN(CCNC(=O)[C@H]2CCCN(c3nc4ccccc4n(Cc4ccccc4)c3=O)C2)CC1. The lowest BCUT2D eigenvalue weighted by molar-refractivity contribution is -0.125. The molecule has 0 unspecified atom stereocenters. The maximum Gasteiger partial charge on any atom is 0.294 e. The van der Waals surface area contributed by atoms with Crippen molar-refractivity contribution in [1.82, 2.24) is 24.7 Å². The third-order valence-corrected chi connectivity index (χ3v) is 7.43. The van der Waals surface area contributed by atoms with E-state index < -0.39 is 0 Å². The highest BCUT2D eigenvalue weighted by atomic mass is 16.2. The molecule has 1 aromatic heterocycles. The monoisotopic (exact) mass is 488 g/mol. The Morgan fingerprint density at radius 3 is 2.56 bits per heavy atom. The van der Waals surface area contributed by atoms with Gasteiger partial charge in [0.2, 0.25) is 5.91 Å². The van der Waals surface area contributed by atoms with E-state index in [9.17, 15) is 9.59 Å². The Balaban J connectivity index is 1.29.